The molecule has 1 aliphatic rings. The van der Waals surface area contributed by atoms with Crippen molar-refractivity contribution in [1.29, 1.82) is 0 Å². The zero-order valence-corrected chi connectivity index (χ0v) is 22.8. The Labute approximate surface area is 212 Å². The van der Waals surface area contributed by atoms with Crippen LogP contribution >= 0.6 is 11.3 Å². The molecule has 35 heavy (non-hydrogen) atoms. The number of nitrogens with zero attached hydrogens (tertiary/aromatic N) is 1. The molecule has 10 heteroatoms. The van der Waals surface area contributed by atoms with E-state index in [0.717, 1.165) is 37.0 Å². The van der Waals surface area contributed by atoms with E-state index in [0.29, 0.717) is 18.0 Å². The number of esters is 1. The maximum absolute atomic E-state index is 13.1. The molecule has 9 nitrogen and oxygen atoms in total. The van der Waals surface area contributed by atoms with Gasteiger partial charge in [-0.05, 0) is 60.8 Å². The highest BCUT2D eigenvalue weighted by Gasteiger charge is 2.39. The van der Waals surface area contributed by atoms with Gasteiger partial charge < -0.3 is 18.9 Å². The van der Waals surface area contributed by atoms with Crippen molar-refractivity contribution < 1.29 is 33.3 Å². The zero-order chi connectivity index (χ0) is 26.2. The number of anilines is 1. The van der Waals surface area contributed by atoms with E-state index >= 15 is 0 Å². The number of thiazole rings is 1. The van der Waals surface area contributed by atoms with Gasteiger partial charge in [0.05, 0.1) is 12.3 Å². The number of aromatic nitrogens is 1. The van der Waals surface area contributed by atoms with E-state index in [1.807, 2.05) is 0 Å². The van der Waals surface area contributed by atoms with Crippen molar-refractivity contribution in [2.75, 3.05) is 11.9 Å². The third-order valence-electron chi connectivity index (χ3n) is 5.29. The van der Waals surface area contributed by atoms with Crippen LogP contribution in [0.5, 0.6) is 0 Å². The first-order valence-corrected chi connectivity index (χ1v) is 13.2. The molecule has 1 saturated carbocycles. The van der Waals surface area contributed by atoms with Gasteiger partial charge in [0.2, 0.25) is 0 Å². The van der Waals surface area contributed by atoms with Gasteiger partial charge in [-0.25, -0.2) is 14.6 Å². The van der Waals surface area contributed by atoms with Crippen molar-refractivity contribution in [3.63, 3.8) is 0 Å². The van der Waals surface area contributed by atoms with Gasteiger partial charge in [-0.2, -0.15) is 0 Å². The fourth-order valence-electron chi connectivity index (χ4n) is 3.97. The third-order valence-corrected chi connectivity index (χ3v) is 6.06. The lowest BCUT2D eigenvalue weighted by molar-refractivity contribution is -0.149. The topological polar surface area (TPSA) is 113 Å². The monoisotopic (exact) mass is 512 g/mol. The van der Waals surface area contributed by atoms with Crippen LogP contribution in [-0.4, -0.2) is 47.1 Å². The summed E-state index contributed by atoms with van der Waals surface area (Å²) < 4.78 is 21.8. The summed E-state index contributed by atoms with van der Waals surface area (Å²) in [6.45, 7) is 12.4. The van der Waals surface area contributed by atoms with Gasteiger partial charge in [-0.15, -0.1) is 11.3 Å². The Bertz CT molecular complexity index is 851. The molecule has 198 valence electrons. The van der Waals surface area contributed by atoms with Crippen LogP contribution in [0.25, 0.3) is 0 Å². The molecule has 1 aromatic rings. The molecule has 0 saturated heterocycles. The highest BCUT2D eigenvalue weighted by molar-refractivity contribution is 7.13. The summed E-state index contributed by atoms with van der Waals surface area (Å²) in [6, 6.07) is 0. The van der Waals surface area contributed by atoms with E-state index in [2.05, 4.69) is 10.3 Å². The van der Waals surface area contributed by atoms with Crippen molar-refractivity contribution in [2.24, 2.45) is 5.92 Å². The van der Waals surface area contributed by atoms with Crippen LogP contribution in [0.4, 0.5) is 14.7 Å². The molecule has 0 bridgehead atoms. The first kappa shape index (κ1) is 28.9. The molecule has 2 rings (SSSR count). The van der Waals surface area contributed by atoms with Gasteiger partial charge in [-0.3, -0.25) is 10.1 Å². The number of nitrogens with one attached hydrogen (secondary N) is 1. The number of hydrogen-bond donors (Lipinski definition) is 1. The molecule has 1 aromatic heterocycles. The average Bonchev–Trinajstić information content (AvgIpc) is 3.13. The van der Waals surface area contributed by atoms with E-state index in [1.165, 1.54) is 6.42 Å². The number of amides is 1. The van der Waals surface area contributed by atoms with Crippen LogP contribution in [0, 0.1) is 5.92 Å². The van der Waals surface area contributed by atoms with Crippen LogP contribution in [-0.2, 0) is 23.7 Å². The Morgan fingerprint density at radius 2 is 1.69 bits per heavy atom. The Morgan fingerprint density at radius 1 is 1.06 bits per heavy atom. The molecule has 0 spiro atoms. The van der Waals surface area contributed by atoms with Crippen LogP contribution in [0.3, 0.4) is 0 Å². The lowest BCUT2D eigenvalue weighted by atomic mass is 9.82. The molecule has 1 fully saturated rings. The van der Waals surface area contributed by atoms with Crippen LogP contribution < -0.4 is 5.32 Å². The normalized spacial score (nSPS) is 16.7. The summed E-state index contributed by atoms with van der Waals surface area (Å²) in [4.78, 5) is 42.4. The Kier molecular flexibility index (Phi) is 10.4. The minimum Gasteiger partial charge on any atom is -0.465 e. The van der Waals surface area contributed by atoms with Crippen LogP contribution in [0.15, 0.2) is 5.38 Å². The van der Waals surface area contributed by atoms with E-state index in [1.54, 1.807) is 53.8 Å². The van der Waals surface area contributed by atoms with E-state index < -0.39 is 41.4 Å². The summed E-state index contributed by atoms with van der Waals surface area (Å²) >= 11 is 1.16. The van der Waals surface area contributed by atoms with Gasteiger partial charge in [0.25, 0.3) is 0 Å². The predicted molar refractivity (Wildman–Crippen MR) is 134 cm³/mol. The predicted octanol–water partition coefficient (Wildman–Crippen LogP) is 6.43. The Morgan fingerprint density at radius 3 is 2.26 bits per heavy atom. The number of ether oxygens (including phenoxy) is 4. The molecule has 1 aliphatic carbocycles. The number of carbonyl (C=O) groups excluding carboxylic acids is 3. The minimum absolute atomic E-state index is 0.172. The summed E-state index contributed by atoms with van der Waals surface area (Å²) in [5, 5.41) is 4.54. The molecule has 0 radical (unpaired) electrons. The van der Waals surface area contributed by atoms with Gasteiger partial charge >= 0.3 is 18.2 Å². The first-order valence-electron chi connectivity index (χ1n) is 12.3. The Hall–Kier alpha value is -2.36. The average molecular weight is 513 g/mol. The molecule has 0 aromatic carbocycles. The second-order valence-electron chi connectivity index (χ2n) is 10.8. The van der Waals surface area contributed by atoms with Crippen molar-refractivity contribution in [2.45, 2.75) is 110 Å². The molecular weight excluding hydrogens is 472 g/mol. The second-order valence-corrected chi connectivity index (χ2v) is 11.7. The van der Waals surface area contributed by atoms with Gasteiger partial charge in [0.1, 0.15) is 23.2 Å². The number of rotatable bonds is 8. The summed E-state index contributed by atoms with van der Waals surface area (Å²) in [5.41, 5.74) is -1.04. The van der Waals surface area contributed by atoms with Crippen molar-refractivity contribution >= 4 is 34.7 Å². The summed E-state index contributed by atoms with van der Waals surface area (Å²) in [5.74, 6) is -1.17. The number of hydrogen-bond acceptors (Lipinski definition) is 9. The molecule has 1 amide bonds. The largest absolute Gasteiger partial charge is 0.509 e. The van der Waals surface area contributed by atoms with E-state index in [9.17, 15) is 14.4 Å². The maximum atomic E-state index is 13.1. The first-order chi connectivity index (χ1) is 16.3. The lowest BCUT2D eigenvalue weighted by Crippen LogP contribution is -2.36. The molecule has 2 unspecified atom stereocenters. The van der Waals surface area contributed by atoms with Gasteiger partial charge in [0.15, 0.2) is 5.13 Å². The lowest BCUT2D eigenvalue weighted by Gasteiger charge is -2.30. The van der Waals surface area contributed by atoms with Crippen LogP contribution in [0.1, 0.15) is 98.6 Å². The van der Waals surface area contributed by atoms with Crippen LogP contribution in [0.2, 0.25) is 0 Å². The molecule has 0 aliphatic heterocycles. The third kappa shape index (κ3) is 10.4. The van der Waals surface area contributed by atoms with Gasteiger partial charge in [-0.1, -0.05) is 32.1 Å². The smallest absolute Gasteiger partial charge is 0.465 e. The van der Waals surface area contributed by atoms with Crippen molar-refractivity contribution in [1.82, 2.24) is 4.98 Å². The molecular formula is C25H40N2O7S. The second kappa shape index (κ2) is 12.6. The SMILES string of the molecule is CCOC(=O)C(c1csc(NC(=O)OC(C)(C)C)n1)C(CC1CCCCC1)OC(=O)OC(C)(C)C. The highest BCUT2D eigenvalue weighted by atomic mass is 32.1. The molecule has 1 N–H and O–H groups in total. The summed E-state index contributed by atoms with van der Waals surface area (Å²) in [7, 11) is 0. The Balaban J connectivity index is 2.31. The quantitative estimate of drug-likeness (QED) is 0.313. The fraction of sp³-hybridized carbons (Fsp3) is 0.760. The highest BCUT2D eigenvalue weighted by Crippen LogP contribution is 2.35. The van der Waals surface area contributed by atoms with Gasteiger partial charge in [0, 0.05) is 5.38 Å². The number of carbonyl (C=O) groups is 3. The summed E-state index contributed by atoms with van der Waals surface area (Å²) in [6.07, 6.45) is 3.60. The van der Waals surface area contributed by atoms with Crippen molar-refractivity contribution in [3.05, 3.63) is 11.1 Å². The molecule has 1 heterocycles. The van der Waals surface area contributed by atoms with E-state index in [4.69, 9.17) is 18.9 Å². The van der Waals surface area contributed by atoms with E-state index in [-0.39, 0.29) is 11.7 Å². The van der Waals surface area contributed by atoms with Crippen molar-refractivity contribution in [3.8, 4) is 0 Å². The maximum Gasteiger partial charge on any atom is 0.509 e. The fourth-order valence-corrected chi connectivity index (χ4v) is 4.71. The standard InChI is InChI=1S/C25H40N2O7S/c1-8-31-20(28)19(17-15-35-21(26-17)27-22(29)33-24(2,3)4)18(14-16-12-10-9-11-13-16)32-23(30)34-25(5,6)7/h15-16,18-19H,8-14H2,1-7H3,(H,26,27,29). The minimum atomic E-state index is -0.949. The zero-order valence-electron chi connectivity index (χ0n) is 22.0. The molecule has 2 atom stereocenters.